The van der Waals surface area contributed by atoms with E-state index in [1.807, 2.05) is 61.5 Å². The molecular formula is C21H19N3O. The van der Waals surface area contributed by atoms with Crippen LogP contribution in [0.5, 0.6) is 0 Å². The van der Waals surface area contributed by atoms with E-state index < -0.39 is 0 Å². The van der Waals surface area contributed by atoms with Gasteiger partial charge in [0.1, 0.15) is 0 Å². The Balaban J connectivity index is 1.68. The summed E-state index contributed by atoms with van der Waals surface area (Å²) in [6.07, 6.45) is 8.40. The van der Waals surface area contributed by atoms with E-state index >= 15 is 0 Å². The van der Waals surface area contributed by atoms with E-state index in [2.05, 4.69) is 15.3 Å². The Morgan fingerprint density at radius 3 is 2.68 bits per heavy atom. The minimum absolute atomic E-state index is 0.107. The number of hydrogen-bond donors (Lipinski definition) is 1. The topological polar surface area (TPSA) is 54.9 Å². The first kappa shape index (κ1) is 16.6. The molecule has 1 atom stereocenters. The molecule has 3 aromatic rings. The third-order valence-electron chi connectivity index (χ3n) is 3.83. The maximum absolute atomic E-state index is 12.1. The van der Waals surface area contributed by atoms with Gasteiger partial charge in [-0.2, -0.15) is 0 Å². The number of nitrogens with zero attached hydrogens (tertiary/aromatic N) is 2. The summed E-state index contributed by atoms with van der Waals surface area (Å²) in [6, 6.07) is 17.6. The number of carbonyl (C=O) groups excluding carboxylic acids is 1. The van der Waals surface area contributed by atoms with Gasteiger partial charge in [-0.1, -0.05) is 48.5 Å². The Bertz CT molecular complexity index is 861. The molecule has 124 valence electrons. The van der Waals surface area contributed by atoms with Gasteiger partial charge >= 0.3 is 0 Å². The third kappa shape index (κ3) is 4.61. The van der Waals surface area contributed by atoms with Crippen LogP contribution in [0.4, 0.5) is 0 Å². The zero-order chi connectivity index (χ0) is 17.5. The zero-order valence-electron chi connectivity index (χ0n) is 14.0. The minimum atomic E-state index is -0.124. The number of carbonyl (C=O) groups is 1. The number of aromatic nitrogens is 2. The van der Waals surface area contributed by atoms with E-state index in [-0.39, 0.29) is 11.9 Å². The molecule has 4 heteroatoms. The highest BCUT2D eigenvalue weighted by Gasteiger charge is 2.09. The van der Waals surface area contributed by atoms with Crippen LogP contribution in [0.15, 0.2) is 79.3 Å². The van der Waals surface area contributed by atoms with Crippen LogP contribution in [-0.4, -0.2) is 15.9 Å². The monoisotopic (exact) mass is 329 g/mol. The molecule has 4 nitrogen and oxygen atoms in total. The SMILES string of the molecule is C[C@H](NC(=O)/C=C/c1ccccc1)c1cccc(-c2cnccn2)c1. The van der Waals surface area contributed by atoms with E-state index in [0.717, 1.165) is 22.4 Å². The summed E-state index contributed by atoms with van der Waals surface area (Å²) < 4.78 is 0. The van der Waals surface area contributed by atoms with Crippen molar-refractivity contribution in [2.24, 2.45) is 0 Å². The van der Waals surface area contributed by atoms with Crippen molar-refractivity contribution in [3.8, 4) is 11.3 Å². The molecule has 0 aliphatic heterocycles. The number of amides is 1. The second-order valence-electron chi connectivity index (χ2n) is 5.69. The molecule has 0 unspecified atom stereocenters. The molecule has 1 N–H and O–H groups in total. The summed E-state index contributed by atoms with van der Waals surface area (Å²) >= 11 is 0. The molecule has 0 aliphatic rings. The second-order valence-corrected chi connectivity index (χ2v) is 5.69. The number of rotatable bonds is 5. The molecule has 25 heavy (non-hydrogen) atoms. The van der Waals surface area contributed by atoms with Gasteiger partial charge in [-0.05, 0) is 30.2 Å². The standard InChI is InChI=1S/C21H19N3O/c1-16(24-21(25)11-10-17-6-3-2-4-7-17)18-8-5-9-19(14-18)20-15-22-12-13-23-20/h2-16H,1H3,(H,24,25)/b11-10+/t16-/m0/s1. The van der Waals surface area contributed by atoms with Gasteiger partial charge in [0.2, 0.25) is 5.91 Å². The highest BCUT2D eigenvalue weighted by atomic mass is 16.1. The number of nitrogens with one attached hydrogen (secondary N) is 1. The maximum Gasteiger partial charge on any atom is 0.244 e. The lowest BCUT2D eigenvalue weighted by atomic mass is 10.0. The smallest absolute Gasteiger partial charge is 0.244 e. The molecule has 3 rings (SSSR count). The van der Waals surface area contributed by atoms with Gasteiger partial charge in [-0.3, -0.25) is 14.8 Å². The molecule has 1 amide bonds. The van der Waals surface area contributed by atoms with Crippen molar-refractivity contribution in [1.29, 1.82) is 0 Å². The molecule has 0 saturated carbocycles. The first-order valence-electron chi connectivity index (χ1n) is 8.12. The predicted octanol–water partition coefficient (Wildman–Crippen LogP) is 4.03. The second kappa shape index (κ2) is 8.02. The Hall–Kier alpha value is -3.27. The van der Waals surface area contributed by atoms with Gasteiger partial charge < -0.3 is 5.32 Å². The molecule has 0 saturated heterocycles. The summed E-state index contributed by atoms with van der Waals surface area (Å²) in [7, 11) is 0. The quantitative estimate of drug-likeness (QED) is 0.719. The molecule has 2 aromatic carbocycles. The van der Waals surface area contributed by atoms with Crippen molar-refractivity contribution in [2.75, 3.05) is 0 Å². The van der Waals surface area contributed by atoms with Gasteiger partial charge in [-0.25, -0.2) is 0 Å². The van der Waals surface area contributed by atoms with Crippen molar-refractivity contribution in [2.45, 2.75) is 13.0 Å². The van der Waals surface area contributed by atoms with Crippen LogP contribution in [0.2, 0.25) is 0 Å². The van der Waals surface area contributed by atoms with Crippen molar-refractivity contribution in [3.63, 3.8) is 0 Å². The molecule has 0 bridgehead atoms. The van der Waals surface area contributed by atoms with Crippen LogP contribution in [0.25, 0.3) is 17.3 Å². The summed E-state index contributed by atoms with van der Waals surface area (Å²) in [4.78, 5) is 20.5. The summed E-state index contributed by atoms with van der Waals surface area (Å²) in [5, 5.41) is 2.98. The molecule has 0 aliphatic carbocycles. The normalized spacial score (nSPS) is 12.0. The van der Waals surface area contributed by atoms with Gasteiger partial charge in [0.25, 0.3) is 0 Å². The summed E-state index contributed by atoms with van der Waals surface area (Å²) in [6.45, 7) is 1.96. The van der Waals surface area contributed by atoms with Crippen LogP contribution in [0.3, 0.4) is 0 Å². The Morgan fingerprint density at radius 1 is 1.08 bits per heavy atom. The fourth-order valence-corrected chi connectivity index (χ4v) is 2.50. The van der Waals surface area contributed by atoms with Crippen molar-refractivity contribution in [3.05, 3.63) is 90.4 Å². The Kier molecular flexibility index (Phi) is 5.32. The van der Waals surface area contributed by atoms with E-state index in [9.17, 15) is 4.79 Å². The van der Waals surface area contributed by atoms with E-state index in [1.165, 1.54) is 0 Å². The average molecular weight is 329 g/mol. The fourth-order valence-electron chi connectivity index (χ4n) is 2.50. The zero-order valence-corrected chi connectivity index (χ0v) is 14.0. The fraction of sp³-hybridized carbons (Fsp3) is 0.0952. The minimum Gasteiger partial charge on any atom is -0.346 e. The van der Waals surface area contributed by atoms with Crippen molar-refractivity contribution in [1.82, 2.24) is 15.3 Å². The predicted molar refractivity (Wildman–Crippen MR) is 99.5 cm³/mol. The van der Waals surface area contributed by atoms with Gasteiger partial charge in [-0.15, -0.1) is 0 Å². The van der Waals surface area contributed by atoms with Crippen molar-refractivity contribution >= 4 is 12.0 Å². The van der Waals surface area contributed by atoms with E-state index in [0.29, 0.717) is 0 Å². The molecule has 0 spiro atoms. The van der Waals surface area contributed by atoms with E-state index in [1.54, 1.807) is 30.7 Å². The van der Waals surface area contributed by atoms with Gasteiger partial charge in [0.05, 0.1) is 17.9 Å². The highest BCUT2D eigenvalue weighted by molar-refractivity contribution is 5.92. The van der Waals surface area contributed by atoms with Crippen molar-refractivity contribution < 1.29 is 4.79 Å². The lowest BCUT2D eigenvalue weighted by Crippen LogP contribution is -2.24. The largest absolute Gasteiger partial charge is 0.346 e. The van der Waals surface area contributed by atoms with Gasteiger partial charge in [0, 0.05) is 24.0 Å². The maximum atomic E-state index is 12.1. The van der Waals surface area contributed by atoms with Crippen LogP contribution in [0.1, 0.15) is 24.1 Å². The molecule has 1 aromatic heterocycles. The summed E-state index contributed by atoms with van der Waals surface area (Å²) in [5.74, 6) is -0.124. The average Bonchev–Trinajstić information content (AvgIpc) is 2.68. The highest BCUT2D eigenvalue weighted by Crippen LogP contribution is 2.21. The van der Waals surface area contributed by atoms with Crippen LogP contribution in [-0.2, 0) is 4.79 Å². The molecular weight excluding hydrogens is 310 g/mol. The Labute approximate surface area is 147 Å². The lowest BCUT2D eigenvalue weighted by Gasteiger charge is -2.14. The van der Waals surface area contributed by atoms with Crippen LogP contribution >= 0.6 is 0 Å². The first-order valence-corrected chi connectivity index (χ1v) is 8.12. The van der Waals surface area contributed by atoms with Crippen LogP contribution in [0, 0.1) is 0 Å². The molecule has 0 fully saturated rings. The van der Waals surface area contributed by atoms with Gasteiger partial charge in [0.15, 0.2) is 0 Å². The molecule has 0 radical (unpaired) electrons. The van der Waals surface area contributed by atoms with Crippen LogP contribution < -0.4 is 5.32 Å². The van der Waals surface area contributed by atoms with E-state index in [4.69, 9.17) is 0 Å². The molecule has 1 heterocycles. The summed E-state index contributed by atoms with van der Waals surface area (Å²) in [5.41, 5.74) is 3.80. The number of hydrogen-bond acceptors (Lipinski definition) is 3. The number of benzene rings is 2. The third-order valence-corrected chi connectivity index (χ3v) is 3.83. The first-order chi connectivity index (χ1) is 12.2. The lowest BCUT2D eigenvalue weighted by molar-refractivity contribution is -0.117. The Morgan fingerprint density at radius 2 is 1.92 bits per heavy atom.